The largest absolute Gasteiger partial charge is 0.294 e. The Morgan fingerprint density at radius 3 is 0.827 bits per heavy atom. The molecular formula is C48H90O3S. The van der Waals surface area contributed by atoms with Crippen molar-refractivity contribution in [2.75, 3.05) is 0 Å². The van der Waals surface area contributed by atoms with E-state index in [1.807, 2.05) is 6.07 Å². The highest BCUT2D eigenvalue weighted by Gasteiger charge is 2.09. The molecule has 0 saturated carbocycles. The lowest BCUT2D eigenvalue weighted by atomic mass is 10.0. The van der Waals surface area contributed by atoms with Crippen molar-refractivity contribution in [3.63, 3.8) is 0 Å². The quantitative estimate of drug-likeness (QED) is 0.0535. The van der Waals surface area contributed by atoms with E-state index >= 15 is 0 Å². The summed E-state index contributed by atoms with van der Waals surface area (Å²) in [6, 6.07) is 6.70. The van der Waals surface area contributed by atoms with E-state index in [1.54, 1.807) is 12.1 Å². The molecule has 4 heteroatoms. The van der Waals surface area contributed by atoms with Crippen LogP contribution in [0.25, 0.3) is 0 Å². The fraction of sp³-hybridized carbons (Fsp3) is 0.875. The fourth-order valence-corrected chi connectivity index (χ4v) is 8.53. The molecule has 1 rings (SSSR count). The Labute approximate surface area is 326 Å². The maximum Gasteiger partial charge on any atom is 0.294 e. The van der Waals surface area contributed by atoms with Crippen LogP contribution in [0.4, 0.5) is 0 Å². The van der Waals surface area contributed by atoms with Crippen molar-refractivity contribution in [1.29, 1.82) is 0 Å². The molecule has 0 radical (unpaired) electrons. The molecule has 0 saturated heterocycles. The van der Waals surface area contributed by atoms with Gasteiger partial charge in [0.15, 0.2) is 0 Å². The molecule has 1 N–H and O–H groups in total. The van der Waals surface area contributed by atoms with Crippen LogP contribution < -0.4 is 0 Å². The third-order valence-corrected chi connectivity index (χ3v) is 12.4. The number of benzene rings is 1. The predicted octanol–water partition coefficient (Wildman–Crippen LogP) is 17.1. The van der Waals surface area contributed by atoms with Gasteiger partial charge in [-0.25, -0.2) is 0 Å². The average molecular weight is 747 g/mol. The third kappa shape index (κ3) is 34.9. The maximum atomic E-state index is 11.3. The molecule has 52 heavy (non-hydrogen) atoms. The van der Waals surface area contributed by atoms with Gasteiger partial charge in [0.2, 0.25) is 0 Å². The zero-order chi connectivity index (χ0) is 37.5. The second kappa shape index (κ2) is 38.4. The van der Waals surface area contributed by atoms with Gasteiger partial charge in [0.25, 0.3) is 10.1 Å². The van der Waals surface area contributed by atoms with Gasteiger partial charge in [-0.05, 0) is 30.5 Å². The van der Waals surface area contributed by atoms with Crippen molar-refractivity contribution in [1.82, 2.24) is 0 Å². The van der Waals surface area contributed by atoms with Gasteiger partial charge in [-0.3, -0.25) is 4.55 Å². The van der Waals surface area contributed by atoms with Gasteiger partial charge >= 0.3 is 0 Å². The van der Waals surface area contributed by atoms with Gasteiger partial charge in [0, 0.05) is 0 Å². The van der Waals surface area contributed by atoms with Crippen molar-refractivity contribution < 1.29 is 13.0 Å². The van der Waals surface area contributed by atoms with Crippen molar-refractivity contribution in [2.24, 2.45) is 0 Å². The third-order valence-electron chi connectivity index (χ3n) is 11.5. The highest BCUT2D eigenvalue weighted by molar-refractivity contribution is 7.85. The van der Waals surface area contributed by atoms with Gasteiger partial charge in [0.1, 0.15) is 0 Å². The van der Waals surface area contributed by atoms with E-state index in [2.05, 4.69) is 6.92 Å². The highest BCUT2D eigenvalue weighted by atomic mass is 32.2. The Bertz CT molecular complexity index is 958. The monoisotopic (exact) mass is 747 g/mol. The topological polar surface area (TPSA) is 54.4 Å². The smallest absolute Gasteiger partial charge is 0.282 e. The summed E-state index contributed by atoms with van der Waals surface area (Å²) < 4.78 is 31.8. The molecule has 0 aromatic heterocycles. The second-order valence-electron chi connectivity index (χ2n) is 16.7. The highest BCUT2D eigenvalue weighted by Crippen LogP contribution is 2.19. The number of hydrogen-bond acceptors (Lipinski definition) is 2. The van der Waals surface area contributed by atoms with Crippen molar-refractivity contribution >= 4 is 10.1 Å². The van der Waals surface area contributed by atoms with Crippen molar-refractivity contribution in [2.45, 2.75) is 275 Å². The maximum absolute atomic E-state index is 11.3. The van der Waals surface area contributed by atoms with E-state index < -0.39 is 10.1 Å². The number of unbranched alkanes of at least 4 members (excludes halogenated alkanes) is 39. The van der Waals surface area contributed by atoms with Crippen LogP contribution in [0.15, 0.2) is 29.2 Å². The first-order valence-corrected chi connectivity index (χ1v) is 25.0. The standard InChI is InChI=1S/C48H90O3S/c1-2-3-4-5-6-7-8-9-10-11-12-13-14-15-16-17-18-19-20-21-22-23-24-25-26-27-28-29-30-31-32-33-34-35-36-37-38-39-40-41-43-47-44-42-45-48(46-47)52(49,50)51/h42,44-46H,2-41,43H2,1H3,(H,49,50,51). The summed E-state index contributed by atoms with van der Waals surface area (Å²) in [5.41, 5.74) is 0.992. The number of rotatable bonds is 42. The molecule has 0 spiro atoms. The van der Waals surface area contributed by atoms with E-state index in [1.165, 1.54) is 256 Å². The van der Waals surface area contributed by atoms with Crippen molar-refractivity contribution in [3.8, 4) is 0 Å². The van der Waals surface area contributed by atoms with Gasteiger partial charge in [-0.1, -0.05) is 269 Å². The molecule has 0 aliphatic carbocycles. The first-order valence-electron chi connectivity index (χ1n) is 23.6. The number of aryl methyl sites for hydroxylation is 1. The molecule has 0 heterocycles. The van der Waals surface area contributed by atoms with Crippen LogP contribution in [0.3, 0.4) is 0 Å². The summed E-state index contributed by atoms with van der Waals surface area (Å²) in [6.45, 7) is 2.31. The second-order valence-corrected chi connectivity index (χ2v) is 18.1. The Balaban J connectivity index is 1.65. The normalized spacial score (nSPS) is 11.9. The number of hydrogen-bond donors (Lipinski definition) is 1. The van der Waals surface area contributed by atoms with Crippen LogP contribution in [-0.2, 0) is 16.5 Å². The lowest BCUT2D eigenvalue weighted by Crippen LogP contribution is -1.98. The molecule has 3 nitrogen and oxygen atoms in total. The Morgan fingerprint density at radius 1 is 0.365 bits per heavy atom. The lowest BCUT2D eigenvalue weighted by Gasteiger charge is -2.05. The van der Waals surface area contributed by atoms with Crippen LogP contribution in [0.5, 0.6) is 0 Å². The minimum absolute atomic E-state index is 0.00636. The Hall–Kier alpha value is -0.870. The van der Waals surface area contributed by atoms with Crippen LogP contribution in [0.1, 0.15) is 269 Å². The zero-order valence-corrected chi connectivity index (χ0v) is 35.8. The molecule has 1 aromatic rings. The minimum atomic E-state index is -4.10. The van der Waals surface area contributed by atoms with E-state index in [9.17, 15) is 13.0 Å². The molecule has 306 valence electrons. The summed E-state index contributed by atoms with van der Waals surface area (Å²) in [7, 11) is -4.10. The lowest BCUT2D eigenvalue weighted by molar-refractivity contribution is 0.483. The first-order chi connectivity index (χ1) is 25.5. The van der Waals surface area contributed by atoms with E-state index in [-0.39, 0.29) is 4.90 Å². The molecular weight excluding hydrogens is 657 g/mol. The minimum Gasteiger partial charge on any atom is -0.282 e. The van der Waals surface area contributed by atoms with Crippen molar-refractivity contribution in [3.05, 3.63) is 29.8 Å². The molecule has 0 aliphatic heterocycles. The van der Waals surface area contributed by atoms with Crippen LogP contribution in [0.2, 0.25) is 0 Å². The van der Waals surface area contributed by atoms with E-state index in [0.717, 1.165) is 18.4 Å². The summed E-state index contributed by atoms with van der Waals surface area (Å²) >= 11 is 0. The van der Waals surface area contributed by atoms with Crippen LogP contribution >= 0.6 is 0 Å². The SMILES string of the molecule is CCCCCCCCCCCCCCCCCCCCCCCCCCCCCCCCCCCCCCCCCCc1cccc(S(=O)(=O)O)c1. The molecule has 0 aliphatic rings. The summed E-state index contributed by atoms with van der Waals surface area (Å²) in [5, 5.41) is 0. The predicted molar refractivity (Wildman–Crippen MR) is 230 cm³/mol. The average Bonchev–Trinajstić information content (AvgIpc) is 3.14. The molecule has 1 aromatic carbocycles. The van der Waals surface area contributed by atoms with Crippen LogP contribution in [-0.4, -0.2) is 13.0 Å². The molecule has 0 amide bonds. The molecule has 0 atom stereocenters. The summed E-state index contributed by atoms with van der Waals surface area (Å²) in [5.74, 6) is 0. The molecule has 0 unspecified atom stereocenters. The van der Waals surface area contributed by atoms with Gasteiger partial charge in [-0.2, -0.15) is 8.42 Å². The zero-order valence-electron chi connectivity index (χ0n) is 35.0. The van der Waals surface area contributed by atoms with Gasteiger partial charge in [0.05, 0.1) is 4.90 Å². The van der Waals surface area contributed by atoms with E-state index in [4.69, 9.17) is 0 Å². The molecule has 0 fully saturated rings. The summed E-state index contributed by atoms with van der Waals surface area (Å²) in [4.78, 5) is 0.00636. The Kier molecular flexibility index (Phi) is 36.3. The van der Waals surface area contributed by atoms with E-state index in [0.29, 0.717) is 0 Å². The molecule has 0 bridgehead atoms. The summed E-state index contributed by atoms with van der Waals surface area (Å²) in [6.07, 6.45) is 58.1. The van der Waals surface area contributed by atoms with Crippen LogP contribution in [0, 0.1) is 0 Å². The van der Waals surface area contributed by atoms with Gasteiger partial charge in [-0.15, -0.1) is 0 Å². The Morgan fingerprint density at radius 2 is 0.596 bits per heavy atom. The van der Waals surface area contributed by atoms with Gasteiger partial charge < -0.3 is 0 Å². The first kappa shape index (κ1) is 49.1. The fourth-order valence-electron chi connectivity index (χ4n) is 7.98.